The van der Waals surface area contributed by atoms with Crippen LogP contribution >= 0.6 is 0 Å². The summed E-state index contributed by atoms with van der Waals surface area (Å²) in [4.78, 5) is 10.9. The molecule has 0 radical (unpaired) electrons. The minimum atomic E-state index is -0.882. The summed E-state index contributed by atoms with van der Waals surface area (Å²) in [6.07, 6.45) is 0.546. The Morgan fingerprint density at radius 3 is 2.40 bits per heavy atom. The average Bonchev–Trinajstić information content (AvgIpc) is 2.18. The van der Waals surface area contributed by atoms with Gasteiger partial charge in [0.05, 0.1) is 0 Å². The lowest BCUT2D eigenvalue weighted by Gasteiger charge is -2.27. The van der Waals surface area contributed by atoms with Crippen LogP contribution in [-0.4, -0.2) is 18.9 Å². The van der Waals surface area contributed by atoms with Crippen molar-refractivity contribution in [2.75, 3.05) is 7.11 Å². The molecule has 1 atom stereocenters. The third kappa shape index (κ3) is 3.72. The van der Waals surface area contributed by atoms with E-state index >= 15 is 0 Å². The fourth-order valence-corrected chi connectivity index (χ4v) is 1.42. The number of methoxy groups -OCH3 is 1. The van der Waals surface area contributed by atoms with Crippen molar-refractivity contribution in [3.8, 4) is 0 Å². The largest absolute Gasteiger partial charge is 0.433 e. The molecule has 1 rings (SSSR count). The van der Waals surface area contributed by atoms with Gasteiger partial charge >= 0.3 is 5.97 Å². The molecule has 3 heteroatoms. The summed E-state index contributed by atoms with van der Waals surface area (Å²) in [6, 6.07) is 9.78. The predicted octanol–water partition coefficient (Wildman–Crippen LogP) is 2.15. The molecule has 1 unspecified atom stereocenters. The second-order valence-corrected chi connectivity index (χ2v) is 3.59. The van der Waals surface area contributed by atoms with E-state index in [0.717, 1.165) is 5.56 Å². The Labute approximate surface area is 90.0 Å². The zero-order valence-corrected chi connectivity index (χ0v) is 9.32. The van der Waals surface area contributed by atoms with Crippen LogP contribution in [0.3, 0.4) is 0 Å². The highest BCUT2D eigenvalue weighted by atomic mass is 16.7. The van der Waals surface area contributed by atoms with E-state index < -0.39 is 5.79 Å². The first-order valence-corrected chi connectivity index (χ1v) is 4.84. The van der Waals surface area contributed by atoms with Crippen LogP contribution < -0.4 is 0 Å². The van der Waals surface area contributed by atoms with Crippen molar-refractivity contribution in [1.29, 1.82) is 0 Å². The van der Waals surface area contributed by atoms with Crippen LogP contribution in [0, 0.1) is 0 Å². The molecule has 82 valence electrons. The first-order valence-electron chi connectivity index (χ1n) is 4.84. The Bertz CT molecular complexity index is 321. The fraction of sp³-hybridized carbons (Fsp3) is 0.417. The minimum Gasteiger partial charge on any atom is -0.433 e. The second kappa shape index (κ2) is 4.94. The molecule has 0 aliphatic rings. The van der Waals surface area contributed by atoms with Crippen molar-refractivity contribution in [3.05, 3.63) is 35.9 Å². The minimum absolute atomic E-state index is 0.338. The molecule has 0 bridgehead atoms. The van der Waals surface area contributed by atoms with Gasteiger partial charge in [0.15, 0.2) is 0 Å². The molecule has 0 fully saturated rings. The lowest BCUT2D eigenvalue weighted by atomic mass is 10.1. The lowest BCUT2D eigenvalue weighted by molar-refractivity contribution is -0.210. The highest BCUT2D eigenvalue weighted by Crippen LogP contribution is 2.18. The molecule has 0 saturated carbocycles. The Balaban J connectivity index is 2.72. The van der Waals surface area contributed by atoms with Crippen molar-refractivity contribution >= 4 is 5.97 Å². The van der Waals surface area contributed by atoms with Gasteiger partial charge in [-0.05, 0) is 5.56 Å². The zero-order valence-electron chi connectivity index (χ0n) is 9.32. The molecule has 0 saturated heterocycles. The molecule has 1 aromatic carbocycles. The van der Waals surface area contributed by atoms with Gasteiger partial charge in [-0.3, -0.25) is 4.79 Å². The van der Waals surface area contributed by atoms with Gasteiger partial charge in [-0.15, -0.1) is 0 Å². The van der Waals surface area contributed by atoms with Gasteiger partial charge in [0.2, 0.25) is 5.79 Å². The third-order valence-corrected chi connectivity index (χ3v) is 2.16. The summed E-state index contributed by atoms with van der Waals surface area (Å²) in [7, 11) is 1.53. The molecule has 1 aromatic rings. The Hall–Kier alpha value is -1.35. The molecule has 0 aliphatic carbocycles. The Morgan fingerprint density at radius 1 is 1.33 bits per heavy atom. The topological polar surface area (TPSA) is 35.5 Å². The molecule has 0 aliphatic heterocycles. The molecular weight excluding hydrogens is 192 g/mol. The maximum absolute atomic E-state index is 10.9. The quantitative estimate of drug-likeness (QED) is 0.562. The smallest absolute Gasteiger partial charge is 0.305 e. The number of hydrogen-bond acceptors (Lipinski definition) is 3. The highest BCUT2D eigenvalue weighted by molar-refractivity contribution is 5.66. The van der Waals surface area contributed by atoms with Crippen LogP contribution in [0.4, 0.5) is 0 Å². The van der Waals surface area contributed by atoms with Gasteiger partial charge in [-0.2, -0.15) is 0 Å². The van der Waals surface area contributed by atoms with Crippen LogP contribution in [0.25, 0.3) is 0 Å². The van der Waals surface area contributed by atoms with E-state index in [2.05, 4.69) is 0 Å². The van der Waals surface area contributed by atoms with Crippen molar-refractivity contribution in [1.82, 2.24) is 0 Å². The SMILES string of the molecule is COC(C)(Cc1ccccc1)OC(C)=O. The summed E-state index contributed by atoms with van der Waals surface area (Å²) >= 11 is 0. The fourth-order valence-electron chi connectivity index (χ4n) is 1.42. The van der Waals surface area contributed by atoms with Crippen molar-refractivity contribution < 1.29 is 14.3 Å². The number of carbonyl (C=O) groups is 1. The van der Waals surface area contributed by atoms with Gasteiger partial charge < -0.3 is 9.47 Å². The lowest BCUT2D eigenvalue weighted by Crippen LogP contribution is -2.35. The molecular formula is C12H16O3. The van der Waals surface area contributed by atoms with Gasteiger partial charge in [0, 0.05) is 27.4 Å². The first-order chi connectivity index (χ1) is 7.06. The van der Waals surface area contributed by atoms with E-state index in [4.69, 9.17) is 9.47 Å². The molecule has 0 heterocycles. The molecule has 0 N–H and O–H groups in total. The maximum Gasteiger partial charge on any atom is 0.305 e. The third-order valence-electron chi connectivity index (χ3n) is 2.16. The van der Waals surface area contributed by atoms with E-state index in [1.165, 1.54) is 14.0 Å². The van der Waals surface area contributed by atoms with Crippen molar-refractivity contribution in [2.24, 2.45) is 0 Å². The number of ether oxygens (including phenoxy) is 2. The number of benzene rings is 1. The Kier molecular flexibility index (Phi) is 3.86. The van der Waals surface area contributed by atoms with Gasteiger partial charge in [-0.1, -0.05) is 30.3 Å². The molecule has 0 spiro atoms. The van der Waals surface area contributed by atoms with Crippen LogP contribution in [0.5, 0.6) is 0 Å². The molecule has 15 heavy (non-hydrogen) atoms. The number of carbonyl (C=O) groups excluding carboxylic acids is 1. The van der Waals surface area contributed by atoms with Crippen LogP contribution in [0.2, 0.25) is 0 Å². The maximum atomic E-state index is 10.9. The summed E-state index contributed by atoms with van der Waals surface area (Å²) in [5.41, 5.74) is 1.07. The van der Waals surface area contributed by atoms with Crippen LogP contribution in [0.15, 0.2) is 30.3 Å². The normalized spacial score (nSPS) is 14.3. The van der Waals surface area contributed by atoms with Crippen LogP contribution in [0.1, 0.15) is 19.4 Å². The Morgan fingerprint density at radius 2 is 1.93 bits per heavy atom. The van der Waals surface area contributed by atoms with E-state index in [0.29, 0.717) is 6.42 Å². The standard InChI is InChI=1S/C12H16O3/c1-10(13)15-12(2,14-3)9-11-7-5-4-6-8-11/h4-8H,9H2,1-3H3. The summed E-state index contributed by atoms with van der Waals surface area (Å²) < 4.78 is 10.3. The molecule has 0 amide bonds. The van der Waals surface area contributed by atoms with Gasteiger partial charge in [0.1, 0.15) is 0 Å². The van der Waals surface area contributed by atoms with Crippen molar-refractivity contribution in [3.63, 3.8) is 0 Å². The van der Waals surface area contributed by atoms with E-state index in [-0.39, 0.29) is 5.97 Å². The highest BCUT2D eigenvalue weighted by Gasteiger charge is 2.27. The van der Waals surface area contributed by atoms with E-state index in [9.17, 15) is 4.79 Å². The summed E-state index contributed by atoms with van der Waals surface area (Å²) in [5.74, 6) is -1.22. The molecule has 3 nitrogen and oxygen atoms in total. The second-order valence-electron chi connectivity index (χ2n) is 3.59. The number of rotatable bonds is 4. The molecule has 0 aromatic heterocycles. The predicted molar refractivity (Wildman–Crippen MR) is 57.3 cm³/mol. The summed E-state index contributed by atoms with van der Waals surface area (Å²) in [6.45, 7) is 3.13. The van der Waals surface area contributed by atoms with Gasteiger partial charge in [0.25, 0.3) is 0 Å². The number of hydrogen-bond donors (Lipinski definition) is 0. The van der Waals surface area contributed by atoms with E-state index in [1.807, 2.05) is 30.3 Å². The van der Waals surface area contributed by atoms with Crippen molar-refractivity contribution in [2.45, 2.75) is 26.1 Å². The number of esters is 1. The summed E-state index contributed by atoms with van der Waals surface area (Å²) in [5, 5.41) is 0. The average molecular weight is 208 g/mol. The monoisotopic (exact) mass is 208 g/mol. The first kappa shape index (κ1) is 11.7. The van der Waals surface area contributed by atoms with E-state index in [1.54, 1.807) is 6.92 Å². The van der Waals surface area contributed by atoms with Gasteiger partial charge in [-0.25, -0.2) is 0 Å². The zero-order chi connectivity index (χ0) is 11.3. The van der Waals surface area contributed by atoms with Crippen LogP contribution in [-0.2, 0) is 20.7 Å².